The van der Waals surface area contributed by atoms with E-state index >= 15 is 0 Å². The van der Waals surface area contributed by atoms with Crippen LogP contribution in [-0.2, 0) is 4.79 Å². The van der Waals surface area contributed by atoms with E-state index in [0.717, 1.165) is 5.69 Å². The van der Waals surface area contributed by atoms with Crippen molar-refractivity contribution in [2.75, 3.05) is 42.9 Å². The van der Waals surface area contributed by atoms with Crippen molar-refractivity contribution >= 4 is 52.4 Å². The lowest BCUT2D eigenvalue weighted by Crippen LogP contribution is -2.52. The standard InChI is InChI=1S/C26H33Cl2N5O3/c1-17(2)29-26(36)32-13-11-31(12-14-32)19-9-10-22(28)23(15-19)30-24(34)16-33(18(3)4)25(35)20-7-5-6-8-21(20)27/h5-10,15,17-18H,11-14,16H2,1-4H3,(H,29,36)(H,30,34). The molecule has 8 nitrogen and oxygen atoms in total. The molecule has 0 saturated carbocycles. The summed E-state index contributed by atoms with van der Waals surface area (Å²) in [5, 5.41) is 6.50. The third-order valence-corrected chi connectivity index (χ3v) is 6.53. The zero-order chi connectivity index (χ0) is 26.4. The van der Waals surface area contributed by atoms with E-state index in [-0.39, 0.29) is 36.5 Å². The number of urea groups is 1. The van der Waals surface area contributed by atoms with Crippen LogP contribution in [0.5, 0.6) is 0 Å². The van der Waals surface area contributed by atoms with Crippen LogP contribution in [-0.4, -0.2) is 72.5 Å². The van der Waals surface area contributed by atoms with Crippen LogP contribution < -0.4 is 15.5 Å². The molecule has 0 aliphatic carbocycles. The first kappa shape index (κ1) is 27.6. The van der Waals surface area contributed by atoms with Crippen LogP contribution in [0.3, 0.4) is 0 Å². The number of piperazine rings is 1. The fourth-order valence-corrected chi connectivity index (χ4v) is 4.32. The average Bonchev–Trinajstić information content (AvgIpc) is 2.83. The molecule has 0 unspecified atom stereocenters. The van der Waals surface area contributed by atoms with E-state index < -0.39 is 0 Å². The normalized spacial score (nSPS) is 13.7. The third-order valence-electron chi connectivity index (χ3n) is 5.87. The molecule has 2 N–H and O–H groups in total. The van der Waals surface area contributed by atoms with Gasteiger partial charge in [-0.2, -0.15) is 0 Å². The van der Waals surface area contributed by atoms with Crippen LogP contribution in [0.4, 0.5) is 16.2 Å². The average molecular weight is 534 g/mol. The van der Waals surface area contributed by atoms with Gasteiger partial charge in [-0.25, -0.2) is 4.79 Å². The molecule has 10 heteroatoms. The van der Waals surface area contributed by atoms with Gasteiger partial charge in [0.25, 0.3) is 5.91 Å². The number of nitrogens with one attached hydrogen (secondary N) is 2. The van der Waals surface area contributed by atoms with E-state index in [9.17, 15) is 14.4 Å². The highest BCUT2D eigenvalue weighted by molar-refractivity contribution is 6.34. The lowest BCUT2D eigenvalue weighted by Gasteiger charge is -2.36. The summed E-state index contributed by atoms with van der Waals surface area (Å²) in [4.78, 5) is 43.7. The first-order valence-corrected chi connectivity index (χ1v) is 12.8. The van der Waals surface area contributed by atoms with Crippen LogP contribution in [0, 0.1) is 0 Å². The Hall–Kier alpha value is -2.97. The molecule has 194 valence electrons. The summed E-state index contributed by atoms with van der Waals surface area (Å²) in [6.45, 7) is 9.92. The van der Waals surface area contributed by atoms with Gasteiger partial charge in [-0.05, 0) is 58.0 Å². The van der Waals surface area contributed by atoms with Gasteiger partial charge in [0, 0.05) is 44.0 Å². The highest BCUT2D eigenvalue weighted by Gasteiger charge is 2.25. The Kier molecular flexibility index (Phi) is 9.45. The van der Waals surface area contributed by atoms with E-state index in [0.29, 0.717) is 47.5 Å². The summed E-state index contributed by atoms with van der Waals surface area (Å²) in [7, 11) is 0. The predicted octanol–water partition coefficient (Wildman–Crippen LogP) is 4.72. The second-order valence-corrected chi connectivity index (χ2v) is 10.1. The van der Waals surface area contributed by atoms with Crippen LogP contribution in [0.25, 0.3) is 0 Å². The van der Waals surface area contributed by atoms with Gasteiger partial charge >= 0.3 is 6.03 Å². The van der Waals surface area contributed by atoms with Gasteiger partial charge in [0.15, 0.2) is 0 Å². The monoisotopic (exact) mass is 533 g/mol. The fourth-order valence-electron chi connectivity index (χ4n) is 3.93. The summed E-state index contributed by atoms with van der Waals surface area (Å²) in [6, 6.07) is 12.0. The second kappa shape index (κ2) is 12.3. The van der Waals surface area contributed by atoms with Crippen molar-refractivity contribution in [1.29, 1.82) is 0 Å². The number of benzene rings is 2. The van der Waals surface area contributed by atoms with E-state index in [2.05, 4.69) is 15.5 Å². The minimum atomic E-state index is -0.363. The first-order valence-electron chi connectivity index (χ1n) is 12.0. The number of hydrogen-bond acceptors (Lipinski definition) is 4. The minimum Gasteiger partial charge on any atom is -0.368 e. The number of halogens is 2. The molecule has 2 aromatic rings. The quantitative estimate of drug-likeness (QED) is 0.539. The molecule has 1 heterocycles. The molecule has 1 aliphatic rings. The smallest absolute Gasteiger partial charge is 0.317 e. The Morgan fingerprint density at radius 2 is 1.61 bits per heavy atom. The molecule has 1 saturated heterocycles. The largest absolute Gasteiger partial charge is 0.368 e. The van der Waals surface area contributed by atoms with Gasteiger partial charge < -0.3 is 25.3 Å². The molecule has 1 fully saturated rings. The summed E-state index contributed by atoms with van der Waals surface area (Å²) in [5.41, 5.74) is 1.71. The van der Waals surface area contributed by atoms with Crippen molar-refractivity contribution in [2.45, 2.75) is 39.8 Å². The van der Waals surface area contributed by atoms with Gasteiger partial charge in [0.2, 0.25) is 5.91 Å². The molecular formula is C26H33Cl2N5O3. The van der Waals surface area contributed by atoms with Crippen LogP contribution >= 0.6 is 23.2 Å². The lowest BCUT2D eigenvalue weighted by molar-refractivity contribution is -0.117. The minimum absolute atomic E-state index is 0.0604. The SMILES string of the molecule is CC(C)NC(=O)N1CCN(c2ccc(Cl)c(NC(=O)CN(C(=O)c3ccccc3Cl)C(C)C)c2)CC1. The zero-order valence-corrected chi connectivity index (χ0v) is 22.6. The van der Waals surface area contributed by atoms with Gasteiger partial charge in [-0.3, -0.25) is 9.59 Å². The molecule has 0 spiro atoms. The summed E-state index contributed by atoms with van der Waals surface area (Å²) in [6.07, 6.45) is 0. The molecule has 0 bridgehead atoms. The maximum absolute atomic E-state index is 13.1. The number of carbonyl (C=O) groups is 3. The van der Waals surface area contributed by atoms with Gasteiger partial charge in [0.05, 0.1) is 21.3 Å². The molecule has 36 heavy (non-hydrogen) atoms. The highest BCUT2D eigenvalue weighted by Crippen LogP contribution is 2.28. The predicted molar refractivity (Wildman–Crippen MR) is 145 cm³/mol. The Morgan fingerprint density at radius 1 is 0.944 bits per heavy atom. The van der Waals surface area contributed by atoms with E-state index in [1.54, 1.807) is 35.2 Å². The van der Waals surface area contributed by atoms with Crippen LogP contribution in [0.2, 0.25) is 10.0 Å². The summed E-state index contributed by atoms with van der Waals surface area (Å²) < 4.78 is 0. The summed E-state index contributed by atoms with van der Waals surface area (Å²) >= 11 is 12.6. The van der Waals surface area contributed by atoms with Crippen molar-refractivity contribution in [1.82, 2.24) is 15.1 Å². The Morgan fingerprint density at radius 3 is 2.22 bits per heavy atom. The van der Waals surface area contributed by atoms with Crippen molar-refractivity contribution in [3.8, 4) is 0 Å². The topological polar surface area (TPSA) is 85.0 Å². The number of rotatable bonds is 7. The molecule has 1 aliphatic heterocycles. The third kappa shape index (κ3) is 7.04. The van der Waals surface area contributed by atoms with Gasteiger partial charge in [-0.15, -0.1) is 0 Å². The Labute approximate surface area is 222 Å². The number of amides is 4. The fraction of sp³-hybridized carbons (Fsp3) is 0.423. The molecule has 4 amide bonds. The maximum atomic E-state index is 13.1. The Bertz CT molecular complexity index is 1100. The van der Waals surface area contributed by atoms with Gasteiger partial charge in [0.1, 0.15) is 6.54 Å². The molecule has 0 aromatic heterocycles. The number of carbonyl (C=O) groups excluding carboxylic acids is 3. The first-order chi connectivity index (χ1) is 17.1. The molecule has 3 rings (SSSR count). The number of anilines is 2. The van der Waals surface area contributed by atoms with E-state index in [4.69, 9.17) is 23.2 Å². The van der Waals surface area contributed by atoms with Crippen LogP contribution in [0.15, 0.2) is 42.5 Å². The Balaban J connectivity index is 1.66. The van der Waals surface area contributed by atoms with Crippen LogP contribution in [0.1, 0.15) is 38.1 Å². The molecule has 0 atom stereocenters. The molecule has 2 aromatic carbocycles. The van der Waals surface area contributed by atoms with Crippen molar-refractivity contribution in [2.24, 2.45) is 0 Å². The van der Waals surface area contributed by atoms with E-state index in [1.807, 2.05) is 39.8 Å². The molecule has 0 radical (unpaired) electrons. The highest BCUT2D eigenvalue weighted by atomic mass is 35.5. The molecular weight excluding hydrogens is 501 g/mol. The van der Waals surface area contributed by atoms with Crippen molar-refractivity contribution < 1.29 is 14.4 Å². The van der Waals surface area contributed by atoms with Crippen molar-refractivity contribution in [3.05, 3.63) is 58.1 Å². The van der Waals surface area contributed by atoms with Gasteiger partial charge in [-0.1, -0.05) is 35.3 Å². The second-order valence-electron chi connectivity index (χ2n) is 9.30. The number of hydrogen-bond donors (Lipinski definition) is 2. The zero-order valence-electron chi connectivity index (χ0n) is 21.1. The van der Waals surface area contributed by atoms with Crippen molar-refractivity contribution in [3.63, 3.8) is 0 Å². The van der Waals surface area contributed by atoms with E-state index in [1.165, 1.54) is 4.90 Å². The number of nitrogens with zero attached hydrogens (tertiary/aromatic N) is 3. The maximum Gasteiger partial charge on any atom is 0.317 e. The summed E-state index contributed by atoms with van der Waals surface area (Å²) in [5.74, 6) is -0.677. The lowest BCUT2D eigenvalue weighted by atomic mass is 10.1.